The molecular weight excluding hydrogens is 409 g/mol. The summed E-state index contributed by atoms with van der Waals surface area (Å²) in [6.45, 7) is 4.68. The number of nitrogens with one attached hydrogen (secondary N) is 1. The van der Waals surface area contributed by atoms with Gasteiger partial charge in [-0.15, -0.1) is 0 Å². The summed E-state index contributed by atoms with van der Waals surface area (Å²) in [5, 5.41) is 6.99. The second-order valence-electron chi connectivity index (χ2n) is 6.62. The molecule has 6 nitrogen and oxygen atoms in total. The van der Waals surface area contributed by atoms with Crippen molar-refractivity contribution in [2.75, 3.05) is 5.32 Å². The van der Waals surface area contributed by atoms with Gasteiger partial charge in [-0.25, -0.2) is 0 Å². The first-order chi connectivity index (χ1) is 13.5. The van der Waals surface area contributed by atoms with Crippen LogP contribution in [-0.2, 0) is 18.0 Å². The second kappa shape index (κ2) is 7.55. The molecule has 0 radical (unpaired) electrons. The molecule has 1 N–H and O–H groups in total. The zero-order valence-electron chi connectivity index (χ0n) is 16.1. The number of rotatable bonds is 4. The van der Waals surface area contributed by atoms with Crippen molar-refractivity contribution in [1.82, 2.24) is 14.8 Å². The van der Waals surface area contributed by atoms with Gasteiger partial charge in [0.1, 0.15) is 0 Å². The lowest BCUT2D eigenvalue weighted by Crippen LogP contribution is -2.30. The van der Waals surface area contributed by atoms with Crippen molar-refractivity contribution in [3.63, 3.8) is 0 Å². The normalized spacial score (nSPS) is 12.8. The quantitative estimate of drug-likeness (QED) is 0.658. The molecular formula is C19H18ClF3N4O2. The van der Waals surface area contributed by atoms with Gasteiger partial charge in [0.15, 0.2) is 11.8 Å². The number of hydrogen-bond donors (Lipinski definition) is 1. The maximum Gasteiger partial charge on any atom is 0.417 e. The number of ether oxygens (including phenoxy) is 1. The molecule has 0 spiro atoms. The zero-order chi connectivity index (χ0) is 21.5. The number of benzene rings is 1. The smallest absolute Gasteiger partial charge is 0.417 e. The van der Waals surface area contributed by atoms with E-state index in [-0.39, 0.29) is 22.6 Å². The number of carbonyl (C=O) groups is 1. The second-order valence-corrected chi connectivity index (χ2v) is 7.06. The summed E-state index contributed by atoms with van der Waals surface area (Å²) in [4.78, 5) is 16.6. The lowest BCUT2D eigenvalue weighted by Gasteiger charge is -2.17. The first-order valence-corrected chi connectivity index (χ1v) is 9.00. The van der Waals surface area contributed by atoms with Crippen molar-refractivity contribution in [1.29, 1.82) is 0 Å². The molecule has 0 fully saturated rings. The fraction of sp³-hybridized carbons (Fsp3) is 0.316. The Morgan fingerprint density at radius 1 is 1.28 bits per heavy atom. The van der Waals surface area contributed by atoms with E-state index in [9.17, 15) is 18.0 Å². The maximum atomic E-state index is 13.5. The van der Waals surface area contributed by atoms with Gasteiger partial charge in [-0.2, -0.15) is 23.3 Å². The van der Waals surface area contributed by atoms with Gasteiger partial charge in [-0.1, -0.05) is 17.7 Å². The predicted octanol–water partition coefficient (Wildman–Crippen LogP) is 4.66. The Bertz CT molecular complexity index is 1100. The van der Waals surface area contributed by atoms with Gasteiger partial charge in [0.2, 0.25) is 5.88 Å². The molecule has 3 aromatic rings. The summed E-state index contributed by atoms with van der Waals surface area (Å²) in [7, 11) is 1.49. The first kappa shape index (κ1) is 20.9. The van der Waals surface area contributed by atoms with Gasteiger partial charge in [-0.05, 0) is 38.5 Å². The van der Waals surface area contributed by atoms with Crippen LogP contribution in [0.5, 0.6) is 5.88 Å². The molecule has 1 atom stereocenters. The van der Waals surface area contributed by atoms with Gasteiger partial charge in [0.05, 0.1) is 16.6 Å². The third-order valence-electron chi connectivity index (χ3n) is 4.37. The van der Waals surface area contributed by atoms with Crippen LogP contribution in [0.25, 0.3) is 11.0 Å². The molecule has 0 saturated heterocycles. The Kier molecular flexibility index (Phi) is 5.44. The number of aryl methyl sites for hydroxylation is 3. The number of amides is 1. The van der Waals surface area contributed by atoms with E-state index in [1.54, 1.807) is 25.1 Å². The van der Waals surface area contributed by atoms with E-state index < -0.39 is 23.8 Å². The first-order valence-electron chi connectivity index (χ1n) is 8.62. The molecule has 154 valence electrons. The summed E-state index contributed by atoms with van der Waals surface area (Å²) in [5.41, 5.74) is 0.571. The van der Waals surface area contributed by atoms with Crippen molar-refractivity contribution in [3.05, 3.63) is 46.1 Å². The van der Waals surface area contributed by atoms with Crippen LogP contribution < -0.4 is 10.1 Å². The number of nitrogens with zero attached hydrogens (tertiary/aromatic N) is 3. The fourth-order valence-electron chi connectivity index (χ4n) is 2.90. The minimum absolute atomic E-state index is 0.0191. The number of hydrogen-bond acceptors (Lipinski definition) is 4. The minimum Gasteiger partial charge on any atom is -0.464 e. The molecule has 0 bridgehead atoms. The highest BCUT2D eigenvalue weighted by Crippen LogP contribution is 2.37. The molecule has 0 saturated carbocycles. The lowest BCUT2D eigenvalue weighted by atomic mass is 10.1. The van der Waals surface area contributed by atoms with Crippen LogP contribution in [0.4, 0.5) is 18.9 Å². The lowest BCUT2D eigenvalue weighted by molar-refractivity contribution is -0.136. The van der Waals surface area contributed by atoms with Gasteiger partial charge in [0.25, 0.3) is 5.91 Å². The average Bonchev–Trinajstić information content (AvgIpc) is 2.90. The molecule has 1 aromatic carbocycles. The fourth-order valence-corrected chi connectivity index (χ4v) is 3.08. The zero-order valence-corrected chi connectivity index (χ0v) is 16.8. The molecule has 10 heteroatoms. The molecule has 29 heavy (non-hydrogen) atoms. The average molecular weight is 427 g/mol. The van der Waals surface area contributed by atoms with Crippen molar-refractivity contribution < 1.29 is 22.7 Å². The Morgan fingerprint density at radius 2 is 1.97 bits per heavy atom. The van der Waals surface area contributed by atoms with Crippen LogP contribution in [-0.4, -0.2) is 26.8 Å². The molecule has 3 rings (SSSR count). The number of aromatic nitrogens is 3. The molecule has 0 aliphatic heterocycles. The van der Waals surface area contributed by atoms with Crippen molar-refractivity contribution in [3.8, 4) is 5.88 Å². The van der Waals surface area contributed by atoms with Gasteiger partial charge < -0.3 is 10.1 Å². The highest BCUT2D eigenvalue weighted by Gasteiger charge is 2.36. The molecule has 0 unspecified atom stereocenters. The van der Waals surface area contributed by atoms with Gasteiger partial charge in [0, 0.05) is 23.8 Å². The minimum atomic E-state index is -4.63. The van der Waals surface area contributed by atoms with Crippen molar-refractivity contribution in [2.24, 2.45) is 7.05 Å². The monoisotopic (exact) mass is 426 g/mol. The third-order valence-corrected chi connectivity index (χ3v) is 4.61. The summed E-state index contributed by atoms with van der Waals surface area (Å²) in [6.07, 6.45) is -5.73. The van der Waals surface area contributed by atoms with Crippen molar-refractivity contribution >= 4 is 34.2 Å². The molecule has 2 heterocycles. The molecule has 1 amide bonds. The number of carbonyl (C=O) groups excluding carboxylic acids is 1. The Morgan fingerprint density at radius 3 is 2.62 bits per heavy atom. The van der Waals surface area contributed by atoms with E-state index in [1.165, 1.54) is 25.6 Å². The number of halogens is 4. The Balaban J connectivity index is 1.90. The SMILES string of the molecule is Cc1ccc(Cl)cc1NC(=O)[C@@H](C)Oc1cc(C(F)(F)F)c2c(C)nn(C)c2n1. The Labute approximate surface area is 169 Å². The maximum absolute atomic E-state index is 13.5. The number of anilines is 1. The number of alkyl halides is 3. The standard InChI is InChI=1S/C19H18ClF3N4O2/c1-9-5-6-12(20)7-14(9)24-18(28)11(3)29-15-8-13(19(21,22)23)16-10(2)26-27(4)17(16)25-15/h5-8,11H,1-4H3,(H,24,28)/t11-/m1/s1. The summed E-state index contributed by atoms with van der Waals surface area (Å²) in [5.74, 6) is -0.870. The molecule has 0 aliphatic carbocycles. The van der Waals surface area contributed by atoms with Gasteiger partial charge >= 0.3 is 6.18 Å². The summed E-state index contributed by atoms with van der Waals surface area (Å²) >= 11 is 5.93. The van der Waals surface area contributed by atoms with E-state index in [4.69, 9.17) is 16.3 Å². The van der Waals surface area contributed by atoms with E-state index in [0.717, 1.165) is 11.6 Å². The number of pyridine rings is 1. The molecule has 2 aromatic heterocycles. The van der Waals surface area contributed by atoms with Crippen molar-refractivity contribution in [2.45, 2.75) is 33.1 Å². The third kappa shape index (κ3) is 4.29. The molecule has 0 aliphatic rings. The Hall–Kier alpha value is -2.81. The summed E-state index contributed by atoms with van der Waals surface area (Å²) < 4.78 is 47.3. The van der Waals surface area contributed by atoms with Crippen LogP contribution in [0.2, 0.25) is 5.02 Å². The van der Waals surface area contributed by atoms with E-state index >= 15 is 0 Å². The van der Waals surface area contributed by atoms with Crippen LogP contribution in [0.15, 0.2) is 24.3 Å². The van der Waals surface area contributed by atoms with E-state index in [0.29, 0.717) is 10.7 Å². The highest BCUT2D eigenvalue weighted by atomic mass is 35.5. The van der Waals surface area contributed by atoms with Gasteiger partial charge in [-0.3, -0.25) is 9.48 Å². The topological polar surface area (TPSA) is 69.0 Å². The highest BCUT2D eigenvalue weighted by molar-refractivity contribution is 6.31. The number of fused-ring (bicyclic) bond motifs is 1. The largest absolute Gasteiger partial charge is 0.464 e. The van der Waals surface area contributed by atoms with Crippen LogP contribution in [0.1, 0.15) is 23.7 Å². The van der Waals surface area contributed by atoms with Crippen LogP contribution >= 0.6 is 11.6 Å². The summed E-state index contributed by atoms with van der Waals surface area (Å²) in [6, 6.07) is 5.77. The van der Waals surface area contributed by atoms with E-state index in [1.807, 2.05) is 0 Å². The predicted molar refractivity (Wildman–Crippen MR) is 103 cm³/mol. The van der Waals surface area contributed by atoms with Crippen LogP contribution in [0.3, 0.4) is 0 Å². The van der Waals surface area contributed by atoms with Crippen LogP contribution in [0, 0.1) is 13.8 Å². The van der Waals surface area contributed by atoms with E-state index in [2.05, 4.69) is 15.4 Å².